The van der Waals surface area contributed by atoms with Crippen LogP contribution in [0.15, 0.2) is 30.3 Å². The van der Waals surface area contributed by atoms with Crippen molar-refractivity contribution in [2.45, 2.75) is 26.9 Å². The zero-order chi connectivity index (χ0) is 14.5. The van der Waals surface area contributed by atoms with Gasteiger partial charge in [0.1, 0.15) is 11.9 Å². The molecule has 0 saturated carbocycles. The number of aliphatic hydroxyl groups excluding tert-OH is 3. The number of rotatable bonds is 6. The van der Waals surface area contributed by atoms with E-state index in [2.05, 4.69) is 0 Å². The molecule has 108 valence electrons. The van der Waals surface area contributed by atoms with Gasteiger partial charge in [-0.25, -0.2) is 0 Å². The van der Waals surface area contributed by atoms with Gasteiger partial charge in [-0.15, -0.1) is 0 Å². The SMILES string of the molecule is CC(C)(C)C(Oc1ccccc1)C(CO)(CO)CO. The van der Waals surface area contributed by atoms with Gasteiger partial charge in [0.15, 0.2) is 0 Å². The minimum Gasteiger partial charge on any atom is -0.489 e. The van der Waals surface area contributed by atoms with E-state index in [1.807, 2.05) is 51.1 Å². The zero-order valence-corrected chi connectivity index (χ0v) is 11.8. The van der Waals surface area contributed by atoms with E-state index in [-0.39, 0.29) is 25.2 Å². The molecule has 0 heterocycles. The topological polar surface area (TPSA) is 69.9 Å². The molecule has 0 saturated heterocycles. The van der Waals surface area contributed by atoms with Gasteiger partial charge in [0.25, 0.3) is 0 Å². The number of ether oxygens (including phenoxy) is 1. The molecule has 0 aliphatic carbocycles. The molecule has 0 aliphatic heterocycles. The Morgan fingerprint density at radius 1 is 0.947 bits per heavy atom. The molecule has 0 bridgehead atoms. The lowest BCUT2D eigenvalue weighted by Crippen LogP contribution is -2.54. The highest BCUT2D eigenvalue weighted by atomic mass is 16.5. The maximum atomic E-state index is 9.59. The van der Waals surface area contributed by atoms with Crippen molar-refractivity contribution in [3.8, 4) is 5.75 Å². The van der Waals surface area contributed by atoms with Crippen molar-refractivity contribution < 1.29 is 20.1 Å². The summed E-state index contributed by atoms with van der Waals surface area (Å²) < 4.78 is 5.94. The smallest absolute Gasteiger partial charge is 0.119 e. The maximum absolute atomic E-state index is 9.59. The second-order valence-electron chi connectivity index (χ2n) is 6.01. The van der Waals surface area contributed by atoms with Crippen LogP contribution in [-0.4, -0.2) is 41.2 Å². The average Bonchev–Trinajstić information content (AvgIpc) is 2.40. The van der Waals surface area contributed by atoms with Crippen LogP contribution < -0.4 is 4.74 Å². The van der Waals surface area contributed by atoms with Crippen LogP contribution >= 0.6 is 0 Å². The molecule has 4 nitrogen and oxygen atoms in total. The van der Waals surface area contributed by atoms with E-state index in [1.54, 1.807) is 0 Å². The van der Waals surface area contributed by atoms with Gasteiger partial charge in [-0.3, -0.25) is 0 Å². The fraction of sp³-hybridized carbons (Fsp3) is 0.600. The van der Waals surface area contributed by atoms with Crippen LogP contribution in [0.5, 0.6) is 5.75 Å². The van der Waals surface area contributed by atoms with Crippen molar-refractivity contribution in [1.82, 2.24) is 0 Å². The summed E-state index contributed by atoms with van der Waals surface area (Å²) in [6.07, 6.45) is -0.512. The molecule has 0 aromatic heterocycles. The molecule has 0 fully saturated rings. The van der Waals surface area contributed by atoms with Crippen molar-refractivity contribution in [2.75, 3.05) is 19.8 Å². The van der Waals surface area contributed by atoms with Crippen molar-refractivity contribution in [3.05, 3.63) is 30.3 Å². The van der Waals surface area contributed by atoms with E-state index in [9.17, 15) is 15.3 Å². The fourth-order valence-electron chi connectivity index (χ4n) is 2.25. The Morgan fingerprint density at radius 3 is 1.79 bits per heavy atom. The van der Waals surface area contributed by atoms with Gasteiger partial charge in [-0.05, 0) is 17.5 Å². The average molecular weight is 268 g/mol. The first-order valence-electron chi connectivity index (χ1n) is 6.44. The van der Waals surface area contributed by atoms with Gasteiger partial charge in [0.05, 0.1) is 25.2 Å². The molecule has 1 rings (SSSR count). The molecule has 1 aromatic rings. The number of hydrogen-bond donors (Lipinski definition) is 3. The Kier molecular flexibility index (Phi) is 5.35. The summed E-state index contributed by atoms with van der Waals surface area (Å²) in [6, 6.07) is 9.22. The Morgan fingerprint density at radius 2 is 1.42 bits per heavy atom. The van der Waals surface area contributed by atoms with Gasteiger partial charge >= 0.3 is 0 Å². The molecule has 0 spiro atoms. The van der Waals surface area contributed by atoms with Crippen molar-refractivity contribution in [3.63, 3.8) is 0 Å². The standard InChI is InChI=1S/C15H24O4/c1-14(2,3)13(15(9-16,10-17)11-18)19-12-7-5-4-6-8-12/h4-8,13,16-18H,9-11H2,1-3H3. The number of para-hydroxylation sites is 1. The predicted octanol–water partition coefficient (Wildman–Crippen LogP) is 1.44. The van der Waals surface area contributed by atoms with E-state index in [0.29, 0.717) is 5.75 Å². The Bertz CT molecular complexity index is 357. The quantitative estimate of drug-likeness (QED) is 0.730. The maximum Gasteiger partial charge on any atom is 0.119 e. The first-order valence-corrected chi connectivity index (χ1v) is 6.44. The summed E-state index contributed by atoms with van der Waals surface area (Å²) in [5.41, 5.74) is -1.42. The van der Waals surface area contributed by atoms with Crippen molar-refractivity contribution >= 4 is 0 Å². The van der Waals surface area contributed by atoms with E-state index in [1.165, 1.54) is 0 Å². The third kappa shape index (κ3) is 3.69. The Labute approximate surface area is 114 Å². The molecule has 1 atom stereocenters. The van der Waals surface area contributed by atoms with Gasteiger partial charge in [0.2, 0.25) is 0 Å². The number of benzene rings is 1. The van der Waals surface area contributed by atoms with E-state index in [0.717, 1.165) is 0 Å². The molecule has 0 radical (unpaired) electrons. The van der Waals surface area contributed by atoms with Crippen LogP contribution in [0.1, 0.15) is 20.8 Å². The highest BCUT2D eigenvalue weighted by molar-refractivity contribution is 5.22. The second-order valence-corrected chi connectivity index (χ2v) is 6.01. The summed E-state index contributed by atoms with van der Waals surface area (Å²) in [4.78, 5) is 0. The Hall–Kier alpha value is -1.10. The fourth-order valence-corrected chi connectivity index (χ4v) is 2.25. The first-order chi connectivity index (χ1) is 8.89. The highest BCUT2D eigenvalue weighted by Crippen LogP contribution is 2.37. The molecule has 0 aliphatic rings. The third-order valence-electron chi connectivity index (χ3n) is 3.28. The third-order valence-corrected chi connectivity index (χ3v) is 3.28. The van der Waals surface area contributed by atoms with Crippen molar-refractivity contribution in [2.24, 2.45) is 10.8 Å². The second kappa shape index (κ2) is 6.37. The van der Waals surface area contributed by atoms with Crippen LogP contribution in [0.2, 0.25) is 0 Å². The summed E-state index contributed by atoms with van der Waals surface area (Å²) in [5.74, 6) is 0.655. The number of aliphatic hydroxyl groups is 3. The van der Waals surface area contributed by atoms with Crippen LogP contribution in [0.4, 0.5) is 0 Å². The summed E-state index contributed by atoms with van der Waals surface area (Å²) >= 11 is 0. The molecule has 19 heavy (non-hydrogen) atoms. The van der Waals surface area contributed by atoms with Crippen LogP contribution in [0.25, 0.3) is 0 Å². The largest absolute Gasteiger partial charge is 0.489 e. The zero-order valence-electron chi connectivity index (χ0n) is 11.8. The van der Waals surface area contributed by atoms with E-state index >= 15 is 0 Å². The molecule has 0 amide bonds. The van der Waals surface area contributed by atoms with E-state index < -0.39 is 11.5 Å². The minimum absolute atomic E-state index is 0.339. The number of hydrogen-bond acceptors (Lipinski definition) is 4. The summed E-state index contributed by atoms with van der Waals surface area (Å²) in [6.45, 7) is 4.85. The lowest BCUT2D eigenvalue weighted by molar-refractivity contribution is -0.111. The summed E-state index contributed by atoms with van der Waals surface area (Å²) in [7, 11) is 0. The minimum atomic E-state index is -1.08. The van der Waals surface area contributed by atoms with Crippen LogP contribution in [-0.2, 0) is 0 Å². The van der Waals surface area contributed by atoms with Gasteiger partial charge in [0, 0.05) is 0 Å². The van der Waals surface area contributed by atoms with Crippen LogP contribution in [0, 0.1) is 10.8 Å². The molecule has 1 aromatic carbocycles. The lowest BCUT2D eigenvalue weighted by Gasteiger charge is -2.43. The highest BCUT2D eigenvalue weighted by Gasteiger charge is 2.46. The molecule has 4 heteroatoms. The Balaban J connectivity index is 3.08. The van der Waals surface area contributed by atoms with Gasteiger partial charge in [-0.2, -0.15) is 0 Å². The normalized spacial score (nSPS) is 14.2. The van der Waals surface area contributed by atoms with Crippen LogP contribution in [0.3, 0.4) is 0 Å². The lowest BCUT2D eigenvalue weighted by atomic mass is 9.71. The molecule has 3 N–H and O–H groups in total. The molecular weight excluding hydrogens is 244 g/mol. The van der Waals surface area contributed by atoms with E-state index in [4.69, 9.17) is 4.74 Å². The van der Waals surface area contributed by atoms with Gasteiger partial charge < -0.3 is 20.1 Å². The summed E-state index contributed by atoms with van der Waals surface area (Å²) in [5, 5.41) is 28.8. The van der Waals surface area contributed by atoms with Crippen molar-refractivity contribution in [1.29, 1.82) is 0 Å². The molecular formula is C15H24O4. The van der Waals surface area contributed by atoms with Gasteiger partial charge in [-0.1, -0.05) is 39.0 Å². The monoisotopic (exact) mass is 268 g/mol. The molecule has 1 unspecified atom stereocenters. The first kappa shape index (κ1) is 16.0. The predicted molar refractivity (Wildman–Crippen MR) is 74.0 cm³/mol.